The zero-order chi connectivity index (χ0) is 13.3. The fraction of sp³-hybridized carbons (Fsp3) is 0.933. The average molecular weight is 252 g/mol. The number of hydrogen-bond donors (Lipinski definition) is 2. The summed E-state index contributed by atoms with van der Waals surface area (Å²) in [4.78, 5) is 11.8. The van der Waals surface area contributed by atoms with Gasteiger partial charge in [0.05, 0.1) is 5.92 Å². The van der Waals surface area contributed by atoms with Crippen molar-refractivity contribution in [3.63, 3.8) is 0 Å². The van der Waals surface area contributed by atoms with Gasteiger partial charge in [0.1, 0.15) is 0 Å². The maximum atomic E-state index is 11.8. The van der Waals surface area contributed by atoms with Gasteiger partial charge >= 0.3 is 0 Å². The summed E-state index contributed by atoms with van der Waals surface area (Å²) in [5, 5.41) is 3.66. The van der Waals surface area contributed by atoms with E-state index in [9.17, 15) is 4.79 Å². The fourth-order valence-electron chi connectivity index (χ4n) is 4.09. The molecule has 1 saturated carbocycles. The monoisotopic (exact) mass is 252 g/mol. The lowest BCUT2D eigenvalue weighted by atomic mass is 9.69. The van der Waals surface area contributed by atoms with E-state index in [1.54, 1.807) is 0 Å². The number of nitrogens with one attached hydrogen (secondary N) is 1. The molecule has 1 amide bonds. The number of nitrogens with two attached hydrogens (primary N) is 1. The third-order valence-electron chi connectivity index (χ3n) is 5.10. The Morgan fingerprint density at radius 1 is 1.11 bits per heavy atom. The van der Waals surface area contributed by atoms with Crippen molar-refractivity contribution in [3.8, 4) is 0 Å². The van der Waals surface area contributed by atoms with Crippen LogP contribution in [0.3, 0.4) is 0 Å². The number of rotatable bonds is 2. The molecule has 3 heteroatoms. The number of primary amides is 1. The van der Waals surface area contributed by atoms with Crippen LogP contribution in [0.4, 0.5) is 0 Å². The summed E-state index contributed by atoms with van der Waals surface area (Å²) in [7, 11) is 0. The highest BCUT2D eigenvalue weighted by atomic mass is 16.1. The molecule has 4 unspecified atom stereocenters. The van der Waals surface area contributed by atoms with E-state index >= 15 is 0 Å². The Labute approximate surface area is 111 Å². The average Bonchev–Trinajstić information content (AvgIpc) is 2.28. The largest absolute Gasteiger partial charge is 0.369 e. The zero-order valence-corrected chi connectivity index (χ0v) is 12.0. The molecule has 1 aliphatic heterocycles. The smallest absolute Gasteiger partial charge is 0.222 e. The quantitative estimate of drug-likeness (QED) is 0.792. The molecule has 2 fully saturated rings. The number of carbonyl (C=O) groups excluding carboxylic acids is 1. The molecule has 2 aliphatic rings. The summed E-state index contributed by atoms with van der Waals surface area (Å²) in [6, 6.07) is 0.827. The van der Waals surface area contributed by atoms with E-state index < -0.39 is 0 Å². The van der Waals surface area contributed by atoms with Crippen molar-refractivity contribution in [2.24, 2.45) is 29.4 Å². The lowest BCUT2D eigenvalue weighted by molar-refractivity contribution is -0.126. The normalized spacial score (nSPS) is 45.7. The highest BCUT2D eigenvalue weighted by Crippen LogP contribution is 2.37. The van der Waals surface area contributed by atoms with Crippen LogP contribution in [0.25, 0.3) is 0 Å². The van der Waals surface area contributed by atoms with Crippen LogP contribution < -0.4 is 11.1 Å². The fourth-order valence-corrected chi connectivity index (χ4v) is 4.09. The van der Waals surface area contributed by atoms with Crippen molar-refractivity contribution >= 4 is 5.91 Å². The number of carbonyl (C=O) groups is 1. The zero-order valence-electron chi connectivity index (χ0n) is 12.0. The summed E-state index contributed by atoms with van der Waals surface area (Å²) in [6.45, 7) is 6.75. The van der Waals surface area contributed by atoms with Gasteiger partial charge in [-0.3, -0.25) is 4.79 Å². The maximum Gasteiger partial charge on any atom is 0.222 e. The Balaban J connectivity index is 2.09. The third kappa shape index (κ3) is 2.87. The highest BCUT2D eigenvalue weighted by molar-refractivity contribution is 5.78. The van der Waals surface area contributed by atoms with Crippen LogP contribution in [0.5, 0.6) is 0 Å². The van der Waals surface area contributed by atoms with Crippen LogP contribution in [0.1, 0.15) is 52.9 Å². The summed E-state index contributed by atoms with van der Waals surface area (Å²) in [5.41, 5.74) is 5.65. The Bertz CT molecular complexity index is 297. The van der Waals surface area contributed by atoms with E-state index in [0.29, 0.717) is 23.9 Å². The van der Waals surface area contributed by atoms with Gasteiger partial charge in [-0.05, 0) is 43.9 Å². The molecular weight excluding hydrogens is 224 g/mol. The van der Waals surface area contributed by atoms with E-state index in [-0.39, 0.29) is 11.8 Å². The van der Waals surface area contributed by atoms with Gasteiger partial charge in [-0.15, -0.1) is 0 Å². The first-order valence-electron chi connectivity index (χ1n) is 7.54. The summed E-state index contributed by atoms with van der Waals surface area (Å²) in [6.07, 6.45) is 6.17. The lowest BCUT2D eigenvalue weighted by Gasteiger charge is -2.44. The Morgan fingerprint density at radius 3 is 2.28 bits per heavy atom. The van der Waals surface area contributed by atoms with E-state index in [1.165, 1.54) is 25.7 Å². The summed E-state index contributed by atoms with van der Waals surface area (Å²) < 4.78 is 0. The van der Waals surface area contributed by atoms with Gasteiger partial charge < -0.3 is 11.1 Å². The molecule has 0 radical (unpaired) electrons. The second kappa shape index (κ2) is 5.60. The van der Waals surface area contributed by atoms with E-state index in [0.717, 1.165) is 12.3 Å². The van der Waals surface area contributed by atoms with Crippen LogP contribution >= 0.6 is 0 Å². The van der Waals surface area contributed by atoms with Crippen LogP contribution in [-0.4, -0.2) is 18.0 Å². The van der Waals surface area contributed by atoms with Gasteiger partial charge in [0, 0.05) is 12.1 Å². The second-order valence-electron chi connectivity index (χ2n) is 6.75. The van der Waals surface area contributed by atoms with Gasteiger partial charge in [-0.25, -0.2) is 0 Å². The van der Waals surface area contributed by atoms with Crippen molar-refractivity contribution in [2.45, 2.75) is 65.0 Å². The molecule has 1 heterocycles. The van der Waals surface area contributed by atoms with Gasteiger partial charge in [-0.1, -0.05) is 26.7 Å². The molecule has 2 rings (SSSR count). The van der Waals surface area contributed by atoms with Gasteiger partial charge in [0.15, 0.2) is 0 Å². The molecule has 0 aromatic carbocycles. The van der Waals surface area contributed by atoms with E-state index in [2.05, 4.69) is 26.1 Å². The van der Waals surface area contributed by atoms with Crippen molar-refractivity contribution in [1.29, 1.82) is 0 Å². The molecule has 18 heavy (non-hydrogen) atoms. The van der Waals surface area contributed by atoms with Gasteiger partial charge in [0.25, 0.3) is 0 Å². The van der Waals surface area contributed by atoms with E-state index in [1.807, 2.05) is 0 Å². The highest BCUT2D eigenvalue weighted by Gasteiger charge is 2.41. The first-order chi connectivity index (χ1) is 8.49. The van der Waals surface area contributed by atoms with Gasteiger partial charge in [0.2, 0.25) is 5.91 Å². The topological polar surface area (TPSA) is 55.1 Å². The number of amides is 1. The minimum absolute atomic E-state index is 0.0274. The van der Waals surface area contributed by atoms with Crippen molar-refractivity contribution in [2.75, 3.05) is 0 Å². The van der Waals surface area contributed by atoms with Crippen LogP contribution in [-0.2, 0) is 4.79 Å². The van der Waals surface area contributed by atoms with Crippen LogP contribution in [0, 0.1) is 23.7 Å². The predicted octanol–water partition coefficient (Wildman–Crippen LogP) is 2.30. The standard InChI is InChI=1S/C15H28N2O/c1-9-4-6-12(7-5-9)14-13(15(16)18)10(2)8-11(3)17-14/h9-14,17H,4-8H2,1-3H3,(H2,16,18). The Morgan fingerprint density at radius 2 is 1.72 bits per heavy atom. The Hall–Kier alpha value is -0.570. The molecule has 3 nitrogen and oxygen atoms in total. The molecule has 1 saturated heterocycles. The number of hydrogen-bond acceptors (Lipinski definition) is 2. The predicted molar refractivity (Wildman–Crippen MR) is 74.0 cm³/mol. The summed E-state index contributed by atoms with van der Waals surface area (Å²) in [5.74, 6) is 1.84. The van der Waals surface area contributed by atoms with Crippen molar-refractivity contribution in [1.82, 2.24) is 5.32 Å². The molecule has 0 bridgehead atoms. The molecule has 3 N–H and O–H groups in total. The molecule has 0 aromatic rings. The van der Waals surface area contributed by atoms with Crippen molar-refractivity contribution in [3.05, 3.63) is 0 Å². The Kier molecular flexibility index (Phi) is 4.31. The maximum absolute atomic E-state index is 11.8. The van der Waals surface area contributed by atoms with Crippen molar-refractivity contribution < 1.29 is 4.79 Å². The van der Waals surface area contributed by atoms with Gasteiger partial charge in [-0.2, -0.15) is 0 Å². The molecule has 0 spiro atoms. The minimum atomic E-state index is -0.106. The first kappa shape index (κ1) is 13.9. The minimum Gasteiger partial charge on any atom is -0.369 e. The lowest BCUT2D eigenvalue weighted by Crippen LogP contribution is -2.57. The second-order valence-corrected chi connectivity index (χ2v) is 6.75. The summed E-state index contributed by atoms with van der Waals surface area (Å²) >= 11 is 0. The van der Waals surface area contributed by atoms with Crippen LogP contribution in [0.2, 0.25) is 0 Å². The SMILES string of the molecule is CC1CCC(C2NC(C)CC(C)C2C(N)=O)CC1. The molecule has 104 valence electrons. The molecular formula is C15H28N2O. The molecule has 4 atom stereocenters. The molecule has 1 aliphatic carbocycles. The number of piperidine rings is 1. The van der Waals surface area contributed by atoms with Crippen LogP contribution in [0.15, 0.2) is 0 Å². The third-order valence-corrected chi connectivity index (χ3v) is 5.10. The molecule has 0 aromatic heterocycles. The van der Waals surface area contributed by atoms with E-state index in [4.69, 9.17) is 5.73 Å². The first-order valence-corrected chi connectivity index (χ1v) is 7.54.